The summed E-state index contributed by atoms with van der Waals surface area (Å²) in [6.07, 6.45) is 0. The zero-order chi connectivity index (χ0) is 15.6. The Balaban J connectivity index is 2.41. The molecule has 21 heavy (non-hydrogen) atoms. The van der Waals surface area contributed by atoms with Crippen LogP contribution >= 0.6 is 15.9 Å². The molecule has 1 N–H and O–H groups in total. The summed E-state index contributed by atoms with van der Waals surface area (Å²) in [5, 5.41) is 2.88. The maximum atomic E-state index is 13.7. The molecule has 0 amide bonds. The van der Waals surface area contributed by atoms with Crippen molar-refractivity contribution in [3.05, 3.63) is 40.1 Å². The SMILES string of the molecule is CNc1cc(Oc2cc(Br)cc(F)c2F)nc(C(C)C)n1. The van der Waals surface area contributed by atoms with Crippen LogP contribution in [0.25, 0.3) is 0 Å². The van der Waals surface area contributed by atoms with E-state index in [9.17, 15) is 8.78 Å². The van der Waals surface area contributed by atoms with Gasteiger partial charge in [-0.3, -0.25) is 0 Å². The van der Waals surface area contributed by atoms with E-state index in [4.69, 9.17) is 4.74 Å². The van der Waals surface area contributed by atoms with E-state index in [2.05, 4.69) is 31.2 Å². The van der Waals surface area contributed by atoms with Gasteiger partial charge in [-0.05, 0) is 12.1 Å². The summed E-state index contributed by atoms with van der Waals surface area (Å²) in [7, 11) is 1.70. The minimum Gasteiger partial charge on any atom is -0.436 e. The van der Waals surface area contributed by atoms with Crippen LogP contribution in [0.15, 0.2) is 22.7 Å². The van der Waals surface area contributed by atoms with Crippen molar-refractivity contribution in [3.63, 3.8) is 0 Å². The molecule has 0 unspecified atom stereocenters. The van der Waals surface area contributed by atoms with Gasteiger partial charge in [0.2, 0.25) is 11.7 Å². The highest BCUT2D eigenvalue weighted by molar-refractivity contribution is 9.10. The Hall–Kier alpha value is -1.76. The molecule has 1 heterocycles. The van der Waals surface area contributed by atoms with E-state index in [0.29, 0.717) is 16.1 Å². The van der Waals surface area contributed by atoms with Gasteiger partial charge in [0, 0.05) is 23.5 Å². The molecule has 1 aromatic heterocycles. The van der Waals surface area contributed by atoms with E-state index in [1.54, 1.807) is 7.05 Å². The molecule has 0 fully saturated rings. The quantitative estimate of drug-likeness (QED) is 0.819. The first-order valence-corrected chi connectivity index (χ1v) is 7.09. The molecule has 7 heteroatoms. The average Bonchev–Trinajstić information content (AvgIpc) is 2.43. The number of hydrogen-bond acceptors (Lipinski definition) is 4. The zero-order valence-corrected chi connectivity index (χ0v) is 13.3. The third-order valence-electron chi connectivity index (χ3n) is 2.67. The zero-order valence-electron chi connectivity index (χ0n) is 11.7. The molecule has 0 radical (unpaired) electrons. The van der Waals surface area contributed by atoms with Crippen molar-refractivity contribution in [2.24, 2.45) is 0 Å². The highest BCUT2D eigenvalue weighted by atomic mass is 79.9. The number of benzene rings is 1. The van der Waals surface area contributed by atoms with Crippen LogP contribution in [0.3, 0.4) is 0 Å². The van der Waals surface area contributed by atoms with E-state index in [1.807, 2.05) is 13.8 Å². The van der Waals surface area contributed by atoms with Gasteiger partial charge in [0.15, 0.2) is 11.6 Å². The summed E-state index contributed by atoms with van der Waals surface area (Å²) >= 11 is 3.09. The van der Waals surface area contributed by atoms with Crippen LogP contribution in [0.2, 0.25) is 0 Å². The molecule has 0 spiro atoms. The summed E-state index contributed by atoms with van der Waals surface area (Å²) in [5.41, 5.74) is 0. The summed E-state index contributed by atoms with van der Waals surface area (Å²) < 4.78 is 32.8. The second-order valence-electron chi connectivity index (χ2n) is 4.66. The molecule has 0 aliphatic rings. The number of nitrogens with one attached hydrogen (secondary N) is 1. The smallest absolute Gasteiger partial charge is 0.224 e. The van der Waals surface area contributed by atoms with Gasteiger partial charge in [-0.1, -0.05) is 29.8 Å². The van der Waals surface area contributed by atoms with Gasteiger partial charge < -0.3 is 10.1 Å². The number of hydrogen-bond donors (Lipinski definition) is 1. The Bertz CT molecular complexity index is 665. The fraction of sp³-hybridized carbons (Fsp3) is 0.286. The van der Waals surface area contributed by atoms with E-state index in [1.165, 1.54) is 12.1 Å². The van der Waals surface area contributed by atoms with Gasteiger partial charge in [0.05, 0.1) is 0 Å². The van der Waals surface area contributed by atoms with Crippen LogP contribution in [0.5, 0.6) is 11.6 Å². The van der Waals surface area contributed by atoms with Crippen LogP contribution in [0.4, 0.5) is 14.6 Å². The molecule has 0 atom stereocenters. The molecule has 0 saturated carbocycles. The Labute approximate surface area is 129 Å². The third kappa shape index (κ3) is 3.66. The van der Waals surface area contributed by atoms with Gasteiger partial charge in [-0.15, -0.1) is 0 Å². The molecule has 0 bridgehead atoms. The lowest BCUT2D eigenvalue weighted by Gasteiger charge is -2.11. The molecule has 0 aliphatic carbocycles. The van der Waals surface area contributed by atoms with Gasteiger partial charge in [-0.2, -0.15) is 9.37 Å². The first kappa shape index (κ1) is 15.6. The van der Waals surface area contributed by atoms with Crippen molar-refractivity contribution in [1.29, 1.82) is 0 Å². The van der Waals surface area contributed by atoms with Gasteiger partial charge in [-0.25, -0.2) is 9.37 Å². The van der Waals surface area contributed by atoms with Crippen LogP contribution in [-0.4, -0.2) is 17.0 Å². The van der Waals surface area contributed by atoms with E-state index in [0.717, 1.165) is 6.07 Å². The fourth-order valence-corrected chi connectivity index (χ4v) is 2.01. The molecule has 1 aromatic carbocycles. The lowest BCUT2D eigenvalue weighted by molar-refractivity contribution is 0.402. The van der Waals surface area contributed by atoms with Gasteiger partial charge in [0.25, 0.3) is 0 Å². The molecular formula is C14H14BrF2N3O. The highest BCUT2D eigenvalue weighted by Gasteiger charge is 2.15. The molecule has 0 saturated heterocycles. The minimum atomic E-state index is -1.06. The van der Waals surface area contributed by atoms with E-state index >= 15 is 0 Å². The number of anilines is 1. The minimum absolute atomic E-state index is 0.0738. The fourth-order valence-electron chi connectivity index (χ4n) is 1.60. The summed E-state index contributed by atoms with van der Waals surface area (Å²) in [6.45, 7) is 3.86. The van der Waals surface area contributed by atoms with Crippen molar-refractivity contribution in [2.45, 2.75) is 19.8 Å². The lowest BCUT2D eigenvalue weighted by Crippen LogP contribution is -2.04. The summed E-state index contributed by atoms with van der Waals surface area (Å²) in [4.78, 5) is 8.47. The van der Waals surface area contributed by atoms with E-state index < -0.39 is 11.6 Å². The molecule has 2 rings (SSSR count). The largest absolute Gasteiger partial charge is 0.436 e. The predicted molar refractivity (Wildman–Crippen MR) is 79.8 cm³/mol. The lowest BCUT2D eigenvalue weighted by atomic mass is 10.2. The summed E-state index contributed by atoms with van der Waals surface area (Å²) in [5.74, 6) is -0.982. The van der Waals surface area contributed by atoms with Crippen LogP contribution in [0.1, 0.15) is 25.6 Å². The standard InChI is InChI=1S/C14H14BrF2N3O/c1-7(2)14-19-11(18-3)6-12(20-14)21-10-5-8(15)4-9(16)13(10)17/h4-7H,1-3H3,(H,18,19,20). The number of nitrogens with zero attached hydrogens (tertiary/aromatic N) is 2. The van der Waals surface area contributed by atoms with Crippen molar-refractivity contribution in [1.82, 2.24) is 9.97 Å². The predicted octanol–water partition coefficient (Wildman–Crippen LogP) is 4.47. The monoisotopic (exact) mass is 357 g/mol. The van der Waals surface area contributed by atoms with Crippen LogP contribution in [0, 0.1) is 11.6 Å². The number of halogens is 3. The topological polar surface area (TPSA) is 47.0 Å². The number of rotatable bonds is 4. The highest BCUT2D eigenvalue weighted by Crippen LogP contribution is 2.30. The number of ether oxygens (including phenoxy) is 1. The summed E-state index contributed by atoms with van der Waals surface area (Å²) in [6, 6.07) is 3.89. The second-order valence-corrected chi connectivity index (χ2v) is 5.57. The third-order valence-corrected chi connectivity index (χ3v) is 3.12. The Morgan fingerprint density at radius 2 is 1.90 bits per heavy atom. The molecule has 2 aromatic rings. The van der Waals surface area contributed by atoms with Crippen molar-refractivity contribution in [3.8, 4) is 11.6 Å². The Morgan fingerprint density at radius 1 is 1.19 bits per heavy atom. The maximum Gasteiger partial charge on any atom is 0.224 e. The van der Waals surface area contributed by atoms with Crippen molar-refractivity contribution in [2.75, 3.05) is 12.4 Å². The molecule has 0 aliphatic heterocycles. The van der Waals surface area contributed by atoms with Crippen LogP contribution in [-0.2, 0) is 0 Å². The Morgan fingerprint density at radius 3 is 2.52 bits per heavy atom. The van der Waals surface area contributed by atoms with Gasteiger partial charge >= 0.3 is 0 Å². The number of aromatic nitrogens is 2. The Kier molecular flexibility index (Phi) is 4.72. The average molecular weight is 358 g/mol. The maximum absolute atomic E-state index is 13.7. The van der Waals surface area contributed by atoms with Crippen molar-refractivity contribution >= 4 is 21.7 Å². The molecular weight excluding hydrogens is 344 g/mol. The van der Waals surface area contributed by atoms with Gasteiger partial charge in [0.1, 0.15) is 11.6 Å². The second kappa shape index (κ2) is 6.34. The molecule has 4 nitrogen and oxygen atoms in total. The van der Waals surface area contributed by atoms with Crippen LogP contribution < -0.4 is 10.1 Å². The normalized spacial score (nSPS) is 10.8. The molecule has 112 valence electrons. The first-order chi connectivity index (χ1) is 9.90. The first-order valence-electron chi connectivity index (χ1n) is 6.30. The van der Waals surface area contributed by atoms with E-state index in [-0.39, 0.29) is 17.5 Å². The van der Waals surface area contributed by atoms with Crippen molar-refractivity contribution < 1.29 is 13.5 Å².